The Hall–Kier alpha value is -3.32. The van der Waals surface area contributed by atoms with Crippen molar-refractivity contribution in [1.29, 1.82) is 0 Å². The molecule has 0 unspecified atom stereocenters. The normalized spacial score (nSPS) is 11.1. The summed E-state index contributed by atoms with van der Waals surface area (Å²) in [4.78, 5) is 28.3. The molecule has 7 nitrogen and oxygen atoms in total. The Morgan fingerprint density at radius 2 is 2.03 bits per heavy atom. The van der Waals surface area contributed by atoms with E-state index >= 15 is 0 Å². The fraction of sp³-hybridized carbons (Fsp3) is 0.190. The lowest BCUT2D eigenvalue weighted by Crippen LogP contribution is -2.28. The lowest BCUT2D eigenvalue weighted by molar-refractivity contribution is -0.118. The number of anilines is 1. The molecule has 0 spiro atoms. The molecule has 0 bridgehead atoms. The number of amides is 1. The fourth-order valence-electron chi connectivity index (χ4n) is 3.28. The summed E-state index contributed by atoms with van der Waals surface area (Å²) in [7, 11) is 0. The Morgan fingerprint density at radius 1 is 1.21 bits per heavy atom. The number of nitrogens with zero attached hydrogens (tertiary/aromatic N) is 2. The van der Waals surface area contributed by atoms with Crippen molar-refractivity contribution >= 4 is 45.4 Å². The summed E-state index contributed by atoms with van der Waals surface area (Å²) < 4.78 is 7.56. The average molecular weight is 411 g/mol. The van der Waals surface area contributed by atoms with Crippen LogP contribution in [-0.2, 0) is 4.79 Å². The Bertz CT molecular complexity index is 1290. The standard InChI is InChI=1S/C21H19ClN4O3/c1-12-4-3-5-15(10-12)26-18-16-11-14(22)6-7-17(16)29-19(18)20(25-21(26)28)24-9-8-23-13(2)27/h3-7,10-11H,8-9H2,1-2H3,(H,23,27)(H,24,25,28). The van der Waals surface area contributed by atoms with Gasteiger partial charge in [-0.2, -0.15) is 4.98 Å². The predicted octanol–water partition coefficient (Wildman–Crippen LogP) is 3.64. The molecule has 29 heavy (non-hydrogen) atoms. The number of aromatic nitrogens is 2. The molecule has 0 radical (unpaired) electrons. The third kappa shape index (κ3) is 3.69. The molecule has 0 atom stereocenters. The van der Waals surface area contributed by atoms with E-state index in [9.17, 15) is 9.59 Å². The van der Waals surface area contributed by atoms with Crippen molar-refractivity contribution in [1.82, 2.24) is 14.9 Å². The summed E-state index contributed by atoms with van der Waals surface area (Å²) in [6, 6.07) is 12.9. The van der Waals surface area contributed by atoms with Crippen molar-refractivity contribution in [3.05, 3.63) is 63.5 Å². The number of halogens is 1. The smallest absolute Gasteiger partial charge is 0.354 e. The molecular weight excluding hydrogens is 392 g/mol. The lowest BCUT2D eigenvalue weighted by atomic mass is 10.2. The number of nitrogens with one attached hydrogen (secondary N) is 2. The van der Waals surface area contributed by atoms with E-state index < -0.39 is 5.69 Å². The molecule has 2 aromatic heterocycles. The van der Waals surface area contributed by atoms with Crippen molar-refractivity contribution < 1.29 is 9.21 Å². The lowest BCUT2D eigenvalue weighted by Gasteiger charge is -2.11. The molecule has 0 saturated heterocycles. The largest absolute Gasteiger partial charge is 0.450 e. The monoisotopic (exact) mass is 410 g/mol. The first-order chi connectivity index (χ1) is 13.9. The first kappa shape index (κ1) is 19.0. The number of furan rings is 1. The van der Waals surface area contributed by atoms with Crippen LogP contribution in [0.1, 0.15) is 12.5 Å². The number of benzene rings is 2. The summed E-state index contributed by atoms with van der Waals surface area (Å²) >= 11 is 6.21. The van der Waals surface area contributed by atoms with Crippen LogP contribution in [-0.4, -0.2) is 28.5 Å². The highest BCUT2D eigenvalue weighted by atomic mass is 35.5. The van der Waals surface area contributed by atoms with Gasteiger partial charge in [-0.3, -0.25) is 9.36 Å². The van der Waals surface area contributed by atoms with Gasteiger partial charge in [-0.05, 0) is 42.8 Å². The average Bonchev–Trinajstić information content (AvgIpc) is 3.03. The summed E-state index contributed by atoms with van der Waals surface area (Å²) in [6.45, 7) is 4.20. The van der Waals surface area contributed by atoms with Gasteiger partial charge >= 0.3 is 5.69 Å². The van der Waals surface area contributed by atoms with Gasteiger partial charge < -0.3 is 15.1 Å². The maximum Gasteiger partial charge on any atom is 0.354 e. The van der Waals surface area contributed by atoms with Crippen LogP contribution < -0.4 is 16.3 Å². The Balaban J connectivity index is 1.94. The van der Waals surface area contributed by atoms with Gasteiger partial charge in [0.05, 0.1) is 5.69 Å². The second-order valence-corrected chi connectivity index (χ2v) is 7.18. The Kier molecular flexibility index (Phi) is 4.98. The predicted molar refractivity (Wildman–Crippen MR) is 114 cm³/mol. The molecule has 4 rings (SSSR count). The molecule has 0 aliphatic rings. The zero-order valence-electron chi connectivity index (χ0n) is 16.0. The zero-order valence-corrected chi connectivity index (χ0v) is 16.7. The highest BCUT2D eigenvalue weighted by Gasteiger charge is 2.19. The van der Waals surface area contributed by atoms with Crippen LogP contribution in [0.15, 0.2) is 51.7 Å². The number of carbonyl (C=O) groups excluding carboxylic acids is 1. The van der Waals surface area contributed by atoms with Gasteiger partial charge in [0.15, 0.2) is 11.4 Å². The third-order valence-electron chi connectivity index (χ3n) is 4.51. The number of hydrogen-bond donors (Lipinski definition) is 2. The first-order valence-corrected chi connectivity index (χ1v) is 9.52. The van der Waals surface area contributed by atoms with E-state index in [1.165, 1.54) is 11.5 Å². The van der Waals surface area contributed by atoms with Crippen LogP contribution in [0.4, 0.5) is 5.82 Å². The molecule has 1 amide bonds. The fourth-order valence-corrected chi connectivity index (χ4v) is 3.45. The van der Waals surface area contributed by atoms with Crippen molar-refractivity contribution in [2.75, 3.05) is 18.4 Å². The van der Waals surface area contributed by atoms with Gasteiger partial charge in [0.25, 0.3) is 0 Å². The molecule has 0 aliphatic carbocycles. The maximum absolute atomic E-state index is 13.0. The molecule has 2 N–H and O–H groups in total. The van der Waals surface area contributed by atoms with E-state index in [2.05, 4.69) is 15.6 Å². The Labute approximate surface area is 171 Å². The molecule has 4 aromatic rings. The third-order valence-corrected chi connectivity index (χ3v) is 4.75. The SMILES string of the molecule is CC(=O)NCCNc1nc(=O)n(-c2cccc(C)c2)c2c1oc1ccc(Cl)cc12. The van der Waals surface area contributed by atoms with E-state index in [-0.39, 0.29) is 5.91 Å². The van der Waals surface area contributed by atoms with E-state index in [0.717, 1.165) is 10.9 Å². The molecule has 148 valence electrons. The number of hydrogen-bond acceptors (Lipinski definition) is 5. The second-order valence-electron chi connectivity index (χ2n) is 6.75. The molecule has 2 aromatic carbocycles. The van der Waals surface area contributed by atoms with Crippen molar-refractivity contribution in [3.63, 3.8) is 0 Å². The van der Waals surface area contributed by atoms with Gasteiger partial charge in [-0.25, -0.2) is 4.79 Å². The highest BCUT2D eigenvalue weighted by molar-refractivity contribution is 6.31. The minimum absolute atomic E-state index is 0.127. The summed E-state index contributed by atoms with van der Waals surface area (Å²) in [5, 5.41) is 7.04. The maximum atomic E-state index is 13.0. The van der Waals surface area contributed by atoms with Gasteiger partial charge in [-0.1, -0.05) is 23.7 Å². The molecule has 0 saturated carbocycles. The summed E-state index contributed by atoms with van der Waals surface area (Å²) in [6.07, 6.45) is 0. The van der Waals surface area contributed by atoms with Crippen LogP contribution >= 0.6 is 11.6 Å². The summed E-state index contributed by atoms with van der Waals surface area (Å²) in [5.41, 5.74) is 2.92. The van der Waals surface area contributed by atoms with Gasteiger partial charge in [-0.15, -0.1) is 0 Å². The van der Waals surface area contributed by atoms with E-state index in [1.54, 1.807) is 18.2 Å². The minimum atomic E-state index is -0.437. The van der Waals surface area contributed by atoms with Crippen LogP contribution in [0, 0.1) is 6.92 Å². The topological polar surface area (TPSA) is 89.2 Å². The first-order valence-electron chi connectivity index (χ1n) is 9.14. The zero-order chi connectivity index (χ0) is 20.5. The van der Waals surface area contributed by atoms with Gasteiger partial charge in [0.1, 0.15) is 11.1 Å². The van der Waals surface area contributed by atoms with E-state index in [1.807, 2.05) is 31.2 Å². The number of carbonyl (C=O) groups is 1. The minimum Gasteiger partial charge on any atom is -0.450 e. The van der Waals surface area contributed by atoms with Gasteiger partial charge in [0, 0.05) is 30.4 Å². The molecule has 2 heterocycles. The van der Waals surface area contributed by atoms with Crippen molar-refractivity contribution in [2.45, 2.75) is 13.8 Å². The van der Waals surface area contributed by atoms with Crippen molar-refractivity contribution in [2.24, 2.45) is 0 Å². The number of fused-ring (bicyclic) bond motifs is 3. The van der Waals surface area contributed by atoms with Crippen LogP contribution in [0.3, 0.4) is 0 Å². The quantitative estimate of drug-likeness (QED) is 0.490. The van der Waals surface area contributed by atoms with Crippen LogP contribution in [0.2, 0.25) is 5.02 Å². The molecule has 8 heteroatoms. The number of rotatable bonds is 5. The van der Waals surface area contributed by atoms with Crippen LogP contribution in [0.25, 0.3) is 27.8 Å². The summed E-state index contributed by atoms with van der Waals surface area (Å²) in [5.74, 6) is 0.199. The second kappa shape index (κ2) is 7.60. The molecular formula is C21H19ClN4O3. The molecule has 0 aliphatic heterocycles. The van der Waals surface area contributed by atoms with Crippen LogP contribution in [0.5, 0.6) is 0 Å². The highest BCUT2D eigenvalue weighted by Crippen LogP contribution is 2.34. The molecule has 0 fully saturated rings. The number of aryl methyl sites for hydroxylation is 1. The van der Waals surface area contributed by atoms with Gasteiger partial charge in [0.2, 0.25) is 5.91 Å². The van der Waals surface area contributed by atoms with E-state index in [0.29, 0.717) is 46.3 Å². The Morgan fingerprint density at radius 3 is 2.79 bits per heavy atom. The van der Waals surface area contributed by atoms with Crippen molar-refractivity contribution in [3.8, 4) is 5.69 Å². The van der Waals surface area contributed by atoms with E-state index in [4.69, 9.17) is 16.0 Å².